The molecule has 5 nitrogen and oxygen atoms in total. The molecule has 1 amide bonds. The van der Waals surface area contributed by atoms with Crippen molar-refractivity contribution < 1.29 is 19.2 Å². The standard InChI is InChI=1S/C18H22N2O3S2/c1-2-9-23-15-5-3-14(4-6-15)12-16-17(21)20(18(24)25-16)13-19-7-10-22-11-8-19/h3-6,12H,2,7-11,13H2,1H3/p+1/b16-12-. The van der Waals surface area contributed by atoms with E-state index < -0.39 is 0 Å². The molecule has 2 saturated heterocycles. The van der Waals surface area contributed by atoms with E-state index in [1.165, 1.54) is 16.7 Å². The zero-order chi connectivity index (χ0) is 17.6. The Morgan fingerprint density at radius 1 is 1.32 bits per heavy atom. The lowest BCUT2D eigenvalue weighted by Gasteiger charge is -2.27. The van der Waals surface area contributed by atoms with Crippen LogP contribution in [0.15, 0.2) is 29.2 Å². The number of benzene rings is 1. The van der Waals surface area contributed by atoms with Crippen molar-refractivity contribution in [2.24, 2.45) is 0 Å². The Balaban J connectivity index is 1.65. The molecule has 7 heteroatoms. The summed E-state index contributed by atoms with van der Waals surface area (Å²) in [7, 11) is 0. The zero-order valence-electron chi connectivity index (χ0n) is 14.3. The Labute approximate surface area is 157 Å². The molecule has 0 aromatic heterocycles. The number of ether oxygens (including phenoxy) is 2. The van der Waals surface area contributed by atoms with Gasteiger partial charge in [0.25, 0.3) is 5.91 Å². The minimum Gasteiger partial charge on any atom is -0.494 e. The minimum absolute atomic E-state index is 0.000279. The van der Waals surface area contributed by atoms with Gasteiger partial charge in [0.05, 0.1) is 24.7 Å². The van der Waals surface area contributed by atoms with Crippen LogP contribution >= 0.6 is 24.0 Å². The maximum atomic E-state index is 12.7. The molecule has 1 aromatic carbocycles. The Morgan fingerprint density at radius 2 is 2.04 bits per heavy atom. The van der Waals surface area contributed by atoms with Crippen molar-refractivity contribution in [3.05, 3.63) is 34.7 Å². The fourth-order valence-electron chi connectivity index (χ4n) is 2.71. The van der Waals surface area contributed by atoms with Crippen molar-refractivity contribution in [3.63, 3.8) is 0 Å². The molecule has 2 aliphatic heterocycles. The van der Waals surface area contributed by atoms with Gasteiger partial charge in [0.1, 0.15) is 18.8 Å². The Kier molecular flexibility index (Phi) is 6.47. The number of carbonyl (C=O) groups is 1. The van der Waals surface area contributed by atoms with Gasteiger partial charge in [-0.1, -0.05) is 43.0 Å². The summed E-state index contributed by atoms with van der Waals surface area (Å²) in [5, 5.41) is 0. The molecule has 1 N–H and O–H groups in total. The number of amides is 1. The maximum Gasteiger partial charge on any atom is 0.270 e. The second kappa shape index (κ2) is 8.80. The highest BCUT2D eigenvalue weighted by Gasteiger charge is 2.34. The van der Waals surface area contributed by atoms with Crippen LogP contribution in [0.25, 0.3) is 6.08 Å². The number of rotatable bonds is 6. The zero-order valence-corrected chi connectivity index (χ0v) is 16.0. The van der Waals surface area contributed by atoms with Gasteiger partial charge in [-0.2, -0.15) is 0 Å². The van der Waals surface area contributed by atoms with Gasteiger partial charge in [-0.25, -0.2) is 4.90 Å². The van der Waals surface area contributed by atoms with Crippen LogP contribution in [-0.4, -0.2) is 54.7 Å². The third-order valence-corrected chi connectivity index (χ3v) is 5.48. The first kappa shape index (κ1) is 18.4. The number of morpholine rings is 1. The van der Waals surface area contributed by atoms with E-state index >= 15 is 0 Å². The average molecular weight is 380 g/mol. The number of nitrogens with one attached hydrogen (secondary N) is 1. The van der Waals surface area contributed by atoms with E-state index in [1.807, 2.05) is 30.3 Å². The predicted octanol–water partition coefficient (Wildman–Crippen LogP) is 1.55. The molecule has 2 heterocycles. The molecule has 0 saturated carbocycles. The summed E-state index contributed by atoms with van der Waals surface area (Å²) in [6, 6.07) is 7.79. The third-order valence-electron chi connectivity index (χ3n) is 4.11. The summed E-state index contributed by atoms with van der Waals surface area (Å²) in [5.41, 5.74) is 0.975. The molecule has 2 aliphatic rings. The Bertz CT molecular complexity index is 655. The molecule has 0 bridgehead atoms. The average Bonchev–Trinajstić information content (AvgIpc) is 2.89. The molecule has 0 radical (unpaired) electrons. The van der Waals surface area contributed by atoms with Gasteiger partial charge >= 0.3 is 0 Å². The van der Waals surface area contributed by atoms with Gasteiger partial charge in [-0.15, -0.1) is 0 Å². The number of nitrogens with zero attached hydrogens (tertiary/aromatic N) is 1. The van der Waals surface area contributed by atoms with Crippen molar-refractivity contribution in [2.45, 2.75) is 13.3 Å². The molecule has 1 aromatic rings. The van der Waals surface area contributed by atoms with Crippen LogP contribution in [0.5, 0.6) is 5.75 Å². The highest BCUT2D eigenvalue weighted by Crippen LogP contribution is 2.32. The molecule has 0 spiro atoms. The highest BCUT2D eigenvalue weighted by molar-refractivity contribution is 8.26. The van der Waals surface area contributed by atoms with E-state index in [0.29, 0.717) is 22.5 Å². The van der Waals surface area contributed by atoms with Crippen molar-refractivity contribution in [1.82, 2.24) is 4.90 Å². The fraction of sp³-hybridized carbons (Fsp3) is 0.444. The lowest BCUT2D eigenvalue weighted by atomic mass is 10.2. The number of hydrogen-bond acceptors (Lipinski definition) is 5. The smallest absolute Gasteiger partial charge is 0.270 e. The summed E-state index contributed by atoms with van der Waals surface area (Å²) >= 11 is 6.79. The SMILES string of the molecule is CCCOc1ccc(/C=C2\SC(=S)N(C[NH+]3CCOCC3)C2=O)cc1. The van der Waals surface area contributed by atoms with E-state index in [-0.39, 0.29) is 5.91 Å². The number of hydrogen-bond donors (Lipinski definition) is 1. The Hall–Kier alpha value is -1.41. The van der Waals surface area contributed by atoms with Crippen LogP contribution in [-0.2, 0) is 9.53 Å². The first-order valence-corrected chi connectivity index (χ1v) is 9.79. The summed E-state index contributed by atoms with van der Waals surface area (Å²) in [5.74, 6) is 0.850. The molecular formula is C18H23N2O3S2+. The van der Waals surface area contributed by atoms with Gasteiger partial charge in [0.2, 0.25) is 0 Å². The van der Waals surface area contributed by atoms with E-state index in [9.17, 15) is 4.79 Å². The van der Waals surface area contributed by atoms with Crippen LogP contribution in [0.3, 0.4) is 0 Å². The third kappa shape index (κ3) is 4.82. The first-order chi connectivity index (χ1) is 12.2. The maximum absolute atomic E-state index is 12.7. The van der Waals surface area contributed by atoms with Gasteiger partial charge in [-0.05, 0) is 30.2 Å². The largest absolute Gasteiger partial charge is 0.494 e. The molecule has 0 atom stereocenters. The molecule has 25 heavy (non-hydrogen) atoms. The van der Waals surface area contributed by atoms with Gasteiger partial charge in [0, 0.05) is 0 Å². The van der Waals surface area contributed by atoms with Crippen LogP contribution in [0.2, 0.25) is 0 Å². The van der Waals surface area contributed by atoms with E-state index in [0.717, 1.165) is 44.0 Å². The summed E-state index contributed by atoms with van der Waals surface area (Å²) in [6.07, 6.45) is 2.88. The summed E-state index contributed by atoms with van der Waals surface area (Å²) < 4.78 is 11.6. The van der Waals surface area contributed by atoms with Crippen molar-refractivity contribution in [3.8, 4) is 5.75 Å². The lowest BCUT2D eigenvalue weighted by molar-refractivity contribution is -0.914. The molecule has 134 valence electrons. The second-order valence-corrected chi connectivity index (χ2v) is 7.72. The molecule has 0 unspecified atom stereocenters. The number of thiocarbonyl (C=S) groups is 1. The van der Waals surface area contributed by atoms with Crippen LogP contribution in [0, 0.1) is 0 Å². The van der Waals surface area contributed by atoms with E-state index in [2.05, 4.69) is 6.92 Å². The molecule has 2 fully saturated rings. The number of quaternary nitrogens is 1. The van der Waals surface area contributed by atoms with Crippen molar-refractivity contribution in [2.75, 3.05) is 39.6 Å². The molecule has 3 rings (SSSR count). The van der Waals surface area contributed by atoms with Crippen molar-refractivity contribution >= 4 is 40.3 Å². The van der Waals surface area contributed by atoms with Crippen LogP contribution in [0.1, 0.15) is 18.9 Å². The highest BCUT2D eigenvalue weighted by atomic mass is 32.2. The summed E-state index contributed by atoms with van der Waals surface area (Å²) in [4.78, 5) is 16.4. The van der Waals surface area contributed by atoms with Crippen LogP contribution < -0.4 is 9.64 Å². The first-order valence-electron chi connectivity index (χ1n) is 8.57. The van der Waals surface area contributed by atoms with Crippen LogP contribution in [0.4, 0.5) is 0 Å². The lowest BCUT2D eigenvalue weighted by Crippen LogP contribution is -3.15. The molecular weight excluding hydrogens is 356 g/mol. The Morgan fingerprint density at radius 3 is 2.72 bits per heavy atom. The fourth-order valence-corrected chi connectivity index (χ4v) is 3.96. The topological polar surface area (TPSA) is 43.2 Å². The van der Waals surface area contributed by atoms with Crippen molar-refractivity contribution in [1.29, 1.82) is 0 Å². The van der Waals surface area contributed by atoms with E-state index in [1.54, 1.807) is 4.90 Å². The quantitative estimate of drug-likeness (QED) is 0.600. The second-order valence-electron chi connectivity index (χ2n) is 6.05. The number of thioether (sulfide) groups is 1. The predicted molar refractivity (Wildman–Crippen MR) is 104 cm³/mol. The van der Waals surface area contributed by atoms with Gasteiger partial charge in [-0.3, -0.25) is 4.79 Å². The molecule has 0 aliphatic carbocycles. The van der Waals surface area contributed by atoms with E-state index in [4.69, 9.17) is 21.7 Å². The summed E-state index contributed by atoms with van der Waals surface area (Å²) in [6.45, 7) is 6.72. The monoisotopic (exact) mass is 379 g/mol. The minimum atomic E-state index is 0.000279. The van der Waals surface area contributed by atoms with Gasteiger partial charge in [0.15, 0.2) is 11.0 Å². The van der Waals surface area contributed by atoms with Gasteiger partial charge < -0.3 is 14.4 Å². The normalized spacial score (nSPS) is 20.5. The number of carbonyl (C=O) groups excluding carboxylic acids is 1.